The first-order chi connectivity index (χ1) is 12.1. The van der Waals surface area contributed by atoms with Crippen LogP contribution < -0.4 is 0 Å². The lowest BCUT2D eigenvalue weighted by Gasteiger charge is -2.38. The molecule has 152 valence electrons. The van der Waals surface area contributed by atoms with Crippen LogP contribution in [0.25, 0.3) is 0 Å². The average molecular weight is 386 g/mol. The fourth-order valence-electron chi connectivity index (χ4n) is 2.93. The van der Waals surface area contributed by atoms with E-state index in [1.807, 2.05) is 11.8 Å². The van der Waals surface area contributed by atoms with E-state index in [0.717, 1.165) is 38.6 Å². The molecule has 1 amide bonds. The van der Waals surface area contributed by atoms with E-state index in [1.54, 1.807) is 0 Å². The van der Waals surface area contributed by atoms with Crippen molar-refractivity contribution < 1.29 is 18.8 Å². The Labute approximate surface area is 160 Å². The monoisotopic (exact) mass is 385 g/mol. The topological polar surface area (TPSA) is 55.8 Å². The van der Waals surface area contributed by atoms with E-state index >= 15 is 0 Å². The second-order valence-corrected chi connectivity index (χ2v) is 13.6. The number of hydrogen-bond donors (Lipinski definition) is 0. The lowest BCUT2D eigenvalue weighted by atomic mass is 10.1. The maximum atomic E-state index is 12.2. The number of unbranched alkanes of at least 4 members (excludes halogenated alkanes) is 3. The third kappa shape index (κ3) is 7.39. The standard InChI is InChI=1S/C20H39NO4Si/c1-7-24-19(23)12-10-8-9-11-15-21-17(13-14-18(21)22)16-25-26(5,6)20(2,3)4/h17H,7-16H2,1-6H3. The summed E-state index contributed by atoms with van der Waals surface area (Å²) in [5, 5.41) is 0.194. The van der Waals surface area contributed by atoms with Gasteiger partial charge in [-0.1, -0.05) is 33.6 Å². The minimum Gasteiger partial charge on any atom is -0.466 e. The molecule has 5 nitrogen and oxygen atoms in total. The average Bonchev–Trinajstić information content (AvgIpc) is 2.88. The predicted molar refractivity (Wildman–Crippen MR) is 108 cm³/mol. The van der Waals surface area contributed by atoms with Crippen LogP contribution in [0.1, 0.15) is 72.6 Å². The molecule has 26 heavy (non-hydrogen) atoms. The Kier molecular flexibility index (Phi) is 9.31. The molecule has 0 aromatic carbocycles. The maximum absolute atomic E-state index is 12.2. The van der Waals surface area contributed by atoms with E-state index in [2.05, 4.69) is 33.9 Å². The molecule has 1 aliphatic heterocycles. The zero-order valence-corrected chi connectivity index (χ0v) is 18.7. The molecule has 0 saturated carbocycles. The van der Waals surface area contributed by atoms with E-state index in [0.29, 0.717) is 26.1 Å². The maximum Gasteiger partial charge on any atom is 0.305 e. The van der Waals surface area contributed by atoms with Crippen molar-refractivity contribution >= 4 is 20.2 Å². The fraction of sp³-hybridized carbons (Fsp3) is 0.900. The highest BCUT2D eigenvalue weighted by atomic mass is 28.4. The van der Waals surface area contributed by atoms with Gasteiger partial charge >= 0.3 is 5.97 Å². The van der Waals surface area contributed by atoms with Crippen LogP contribution in [-0.4, -0.2) is 50.9 Å². The lowest BCUT2D eigenvalue weighted by molar-refractivity contribution is -0.143. The fourth-order valence-corrected chi connectivity index (χ4v) is 3.98. The highest BCUT2D eigenvalue weighted by Gasteiger charge is 2.39. The molecule has 1 unspecified atom stereocenters. The Hall–Kier alpha value is -0.883. The summed E-state index contributed by atoms with van der Waals surface area (Å²) in [6.45, 7) is 15.0. The van der Waals surface area contributed by atoms with Gasteiger partial charge in [0.05, 0.1) is 19.3 Å². The van der Waals surface area contributed by atoms with Gasteiger partial charge in [0.25, 0.3) is 0 Å². The summed E-state index contributed by atoms with van der Waals surface area (Å²) in [4.78, 5) is 25.5. The molecule has 0 aliphatic carbocycles. The third-order valence-corrected chi connectivity index (χ3v) is 10.2. The van der Waals surface area contributed by atoms with Crippen LogP contribution in [-0.2, 0) is 18.8 Å². The minimum atomic E-state index is -1.77. The Morgan fingerprint density at radius 3 is 2.46 bits per heavy atom. The Bertz CT molecular complexity index is 459. The van der Waals surface area contributed by atoms with Gasteiger partial charge in [-0.15, -0.1) is 0 Å². The molecule has 0 N–H and O–H groups in total. The highest BCUT2D eigenvalue weighted by molar-refractivity contribution is 6.74. The predicted octanol–water partition coefficient (Wildman–Crippen LogP) is 4.51. The van der Waals surface area contributed by atoms with E-state index in [-0.39, 0.29) is 23.0 Å². The number of likely N-dealkylation sites (tertiary alicyclic amines) is 1. The molecule has 0 aromatic rings. The van der Waals surface area contributed by atoms with E-state index in [4.69, 9.17) is 9.16 Å². The second-order valence-electron chi connectivity index (χ2n) is 8.82. The Morgan fingerprint density at radius 2 is 1.85 bits per heavy atom. The van der Waals surface area contributed by atoms with Gasteiger partial charge < -0.3 is 14.1 Å². The van der Waals surface area contributed by atoms with Gasteiger partial charge in [0.15, 0.2) is 8.32 Å². The van der Waals surface area contributed by atoms with Crippen molar-refractivity contribution in [1.29, 1.82) is 0 Å². The highest BCUT2D eigenvalue weighted by Crippen LogP contribution is 2.37. The van der Waals surface area contributed by atoms with E-state index < -0.39 is 8.32 Å². The molecule has 0 bridgehead atoms. The Balaban J connectivity index is 2.31. The van der Waals surface area contributed by atoms with E-state index in [1.165, 1.54) is 0 Å². The lowest BCUT2D eigenvalue weighted by Crippen LogP contribution is -2.45. The summed E-state index contributed by atoms with van der Waals surface area (Å²) < 4.78 is 11.3. The first-order valence-electron chi connectivity index (χ1n) is 10.2. The molecular formula is C20H39NO4Si. The molecule has 0 spiro atoms. The molecule has 6 heteroatoms. The number of esters is 1. The van der Waals surface area contributed by atoms with Crippen LogP contribution in [0.15, 0.2) is 0 Å². The zero-order chi connectivity index (χ0) is 19.8. The summed E-state index contributed by atoms with van der Waals surface area (Å²) in [6.07, 6.45) is 5.96. The van der Waals surface area contributed by atoms with Crippen molar-refractivity contribution in [3.63, 3.8) is 0 Å². The summed E-state index contributed by atoms with van der Waals surface area (Å²) in [7, 11) is -1.77. The van der Waals surface area contributed by atoms with E-state index in [9.17, 15) is 9.59 Å². The number of amides is 1. The number of ether oxygens (including phenoxy) is 1. The number of carbonyl (C=O) groups is 2. The van der Waals surface area contributed by atoms with Crippen molar-refractivity contribution in [2.24, 2.45) is 0 Å². The number of rotatable bonds is 11. The van der Waals surface area contributed by atoms with Crippen molar-refractivity contribution in [2.45, 2.75) is 96.8 Å². The molecule has 1 fully saturated rings. The largest absolute Gasteiger partial charge is 0.466 e. The molecule has 0 radical (unpaired) electrons. The minimum absolute atomic E-state index is 0.106. The summed E-state index contributed by atoms with van der Waals surface area (Å²) >= 11 is 0. The third-order valence-electron chi connectivity index (χ3n) is 5.73. The summed E-state index contributed by atoms with van der Waals surface area (Å²) in [5.74, 6) is 0.158. The smallest absolute Gasteiger partial charge is 0.305 e. The van der Waals surface area contributed by atoms with Crippen LogP contribution >= 0.6 is 0 Å². The van der Waals surface area contributed by atoms with Gasteiger partial charge in [-0.3, -0.25) is 9.59 Å². The van der Waals surface area contributed by atoms with Gasteiger partial charge in [-0.25, -0.2) is 0 Å². The quantitative estimate of drug-likeness (QED) is 0.298. The van der Waals surface area contributed by atoms with Crippen LogP contribution in [0.5, 0.6) is 0 Å². The number of nitrogens with zero attached hydrogens (tertiary/aromatic N) is 1. The number of carbonyl (C=O) groups excluding carboxylic acids is 2. The molecule has 0 aromatic heterocycles. The molecule has 1 rings (SSSR count). The molecular weight excluding hydrogens is 346 g/mol. The normalized spacial score (nSPS) is 18.5. The number of hydrogen-bond acceptors (Lipinski definition) is 4. The van der Waals surface area contributed by atoms with Crippen LogP contribution in [0.4, 0.5) is 0 Å². The van der Waals surface area contributed by atoms with Gasteiger partial charge in [0.2, 0.25) is 5.91 Å². The van der Waals surface area contributed by atoms with Gasteiger partial charge in [0, 0.05) is 19.4 Å². The summed E-state index contributed by atoms with van der Waals surface area (Å²) in [6, 6.07) is 0.233. The van der Waals surface area contributed by atoms with Crippen molar-refractivity contribution in [3.8, 4) is 0 Å². The van der Waals surface area contributed by atoms with Gasteiger partial charge in [-0.2, -0.15) is 0 Å². The van der Waals surface area contributed by atoms with Crippen molar-refractivity contribution in [3.05, 3.63) is 0 Å². The second kappa shape index (κ2) is 10.5. The van der Waals surface area contributed by atoms with Gasteiger partial charge in [0.1, 0.15) is 0 Å². The van der Waals surface area contributed by atoms with Gasteiger partial charge in [-0.05, 0) is 44.3 Å². The van der Waals surface area contributed by atoms with Crippen LogP contribution in [0, 0.1) is 0 Å². The molecule has 1 aliphatic rings. The molecule has 1 heterocycles. The Morgan fingerprint density at radius 1 is 1.19 bits per heavy atom. The SMILES string of the molecule is CCOC(=O)CCCCCCN1C(=O)CCC1CO[Si](C)(C)C(C)(C)C. The zero-order valence-electron chi connectivity index (χ0n) is 17.7. The first kappa shape index (κ1) is 23.2. The van der Waals surface area contributed by atoms with Crippen molar-refractivity contribution in [1.82, 2.24) is 4.90 Å². The summed E-state index contributed by atoms with van der Waals surface area (Å²) in [5.41, 5.74) is 0. The molecule has 1 atom stereocenters. The van der Waals surface area contributed by atoms with Crippen LogP contribution in [0.3, 0.4) is 0 Å². The van der Waals surface area contributed by atoms with Crippen molar-refractivity contribution in [2.75, 3.05) is 19.8 Å². The van der Waals surface area contributed by atoms with Crippen LogP contribution in [0.2, 0.25) is 18.1 Å². The molecule has 1 saturated heterocycles. The first-order valence-corrected chi connectivity index (χ1v) is 13.1.